The van der Waals surface area contributed by atoms with Crippen molar-refractivity contribution in [3.63, 3.8) is 0 Å². The van der Waals surface area contributed by atoms with Crippen LogP contribution in [0.25, 0.3) is 21.6 Å². The summed E-state index contributed by atoms with van der Waals surface area (Å²) in [5.74, 6) is -0.342. The van der Waals surface area contributed by atoms with Crippen molar-refractivity contribution in [2.45, 2.75) is 13.5 Å². The van der Waals surface area contributed by atoms with E-state index < -0.39 is 5.97 Å². The average Bonchev–Trinajstić information content (AvgIpc) is 3.22. The molecule has 3 aromatic carbocycles. The molecule has 0 unspecified atom stereocenters. The van der Waals surface area contributed by atoms with Crippen LogP contribution in [0.5, 0.6) is 5.75 Å². The molecule has 0 aliphatic rings. The molecule has 0 saturated carbocycles. The molecule has 0 saturated heterocycles. The number of ether oxygens (including phenoxy) is 1. The van der Waals surface area contributed by atoms with Crippen molar-refractivity contribution in [1.82, 2.24) is 0 Å². The van der Waals surface area contributed by atoms with E-state index >= 15 is 0 Å². The Hall–Kier alpha value is -2.37. The third-order valence-corrected chi connectivity index (χ3v) is 5.73. The molecule has 0 radical (unpaired) electrons. The standard InChI is InChI=1S/C25H20O3S.Na/c1-17-15-19(25(26)27)11-12-20(17)24-22(13-14-29-24)21-9-5-6-10-23(21)28-16-18-7-3-2-4-8-18;/h2-15H,16H2,1H3,(H,26,27);/q;+1/p-1. The summed E-state index contributed by atoms with van der Waals surface area (Å²) in [5.41, 5.74) is 5.31. The maximum atomic E-state index is 11.1. The average molecular weight is 422 g/mol. The SMILES string of the molecule is Cc1cc(C(=O)[O-])ccc1-c1sccc1-c1ccccc1OCc1ccccc1.[Na+]. The van der Waals surface area contributed by atoms with Gasteiger partial charge in [-0.1, -0.05) is 60.7 Å². The number of benzene rings is 3. The summed E-state index contributed by atoms with van der Waals surface area (Å²) in [4.78, 5) is 12.2. The van der Waals surface area contributed by atoms with Crippen molar-refractivity contribution in [2.75, 3.05) is 0 Å². The molecule has 30 heavy (non-hydrogen) atoms. The third kappa shape index (κ3) is 4.85. The van der Waals surface area contributed by atoms with E-state index in [0.29, 0.717) is 6.61 Å². The number of aryl methyl sites for hydroxylation is 1. The minimum absolute atomic E-state index is 0. The van der Waals surface area contributed by atoms with Gasteiger partial charge in [-0.3, -0.25) is 0 Å². The number of para-hydroxylation sites is 1. The zero-order valence-electron chi connectivity index (χ0n) is 16.9. The molecule has 0 bridgehead atoms. The molecular weight excluding hydrogens is 403 g/mol. The summed E-state index contributed by atoms with van der Waals surface area (Å²) in [7, 11) is 0. The molecule has 1 heterocycles. The largest absolute Gasteiger partial charge is 1.00 e. The van der Waals surface area contributed by atoms with Gasteiger partial charge in [-0.05, 0) is 52.8 Å². The molecule has 0 aliphatic carbocycles. The molecule has 5 heteroatoms. The summed E-state index contributed by atoms with van der Waals surface area (Å²) in [6, 6.07) is 25.3. The predicted molar refractivity (Wildman–Crippen MR) is 115 cm³/mol. The fourth-order valence-electron chi connectivity index (χ4n) is 3.33. The predicted octanol–water partition coefficient (Wildman–Crippen LogP) is 2.34. The molecule has 4 aromatic rings. The Morgan fingerprint density at radius 2 is 1.63 bits per heavy atom. The Labute approximate surface area is 202 Å². The second-order valence-corrected chi connectivity index (χ2v) is 7.67. The van der Waals surface area contributed by atoms with E-state index in [9.17, 15) is 9.90 Å². The Balaban J connectivity index is 0.00000256. The van der Waals surface area contributed by atoms with Gasteiger partial charge < -0.3 is 14.6 Å². The number of hydrogen-bond donors (Lipinski definition) is 0. The van der Waals surface area contributed by atoms with Crippen molar-refractivity contribution in [3.8, 4) is 27.3 Å². The van der Waals surface area contributed by atoms with E-state index in [1.54, 1.807) is 23.5 Å². The molecular formula is C25H19NaO3S. The Kier molecular flexibility index (Phi) is 7.51. The normalized spacial score (nSPS) is 10.3. The van der Waals surface area contributed by atoms with Crippen LogP contribution in [0.15, 0.2) is 84.2 Å². The van der Waals surface area contributed by atoms with E-state index in [-0.39, 0.29) is 35.1 Å². The van der Waals surface area contributed by atoms with Gasteiger partial charge in [0.25, 0.3) is 0 Å². The minimum atomic E-state index is -1.16. The van der Waals surface area contributed by atoms with Gasteiger partial charge in [0.15, 0.2) is 0 Å². The quantitative estimate of drug-likeness (QED) is 0.448. The number of carboxylic acids is 1. The minimum Gasteiger partial charge on any atom is -0.545 e. The molecule has 4 rings (SSSR count). The maximum absolute atomic E-state index is 11.1. The smallest absolute Gasteiger partial charge is 0.545 e. The van der Waals surface area contributed by atoms with Crippen LogP contribution in [-0.4, -0.2) is 5.97 Å². The van der Waals surface area contributed by atoms with Crippen LogP contribution in [-0.2, 0) is 6.61 Å². The van der Waals surface area contributed by atoms with Gasteiger partial charge >= 0.3 is 29.6 Å². The van der Waals surface area contributed by atoms with Gasteiger partial charge in [0.1, 0.15) is 12.4 Å². The number of carbonyl (C=O) groups excluding carboxylic acids is 1. The first kappa shape index (κ1) is 22.3. The van der Waals surface area contributed by atoms with E-state index in [1.165, 1.54) is 0 Å². The number of thiophene rings is 1. The Morgan fingerprint density at radius 3 is 2.37 bits per heavy atom. The van der Waals surface area contributed by atoms with Gasteiger partial charge in [-0.15, -0.1) is 11.3 Å². The summed E-state index contributed by atoms with van der Waals surface area (Å²) < 4.78 is 6.14. The van der Waals surface area contributed by atoms with Crippen molar-refractivity contribution in [3.05, 3.63) is 101 Å². The number of carboxylic acid groups (broad SMARTS) is 1. The van der Waals surface area contributed by atoms with Crippen molar-refractivity contribution in [1.29, 1.82) is 0 Å². The third-order valence-electron chi connectivity index (χ3n) is 4.79. The van der Waals surface area contributed by atoms with E-state index in [0.717, 1.165) is 38.4 Å². The molecule has 0 fully saturated rings. The van der Waals surface area contributed by atoms with E-state index in [2.05, 4.69) is 12.1 Å². The number of hydrogen-bond acceptors (Lipinski definition) is 4. The molecule has 3 nitrogen and oxygen atoms in total. The molecule has 0 atom stereocenters. The summed E-state index contributed by atoms with van der Waals surface area (Å²) in [5, 5.41) is 13.2. The first-order valence-corrected chi connectivity index (χ1v) is 10.2. The van der Waals surface area contributed by atoms with E-state index in [4.69, 9.17) is 4.74 Å². The van der Waals surface area contributed by atoms with Gasteiger partial charge in [0.2, 0.25) is 0 Å². The molecule has 144 valence electrons. The molecule has 0 amide bonds. The van der Waals surface area contributed by atoms with Gasteiger partial charge in [0.05, 0.1) is 5.97 Å². The van der Waals surface area contributed by atoms with Crippen LogP contribution in [0.4, 0.5) is 0 Å². The Morgan fingerprint density at radius 1 is 0.900 bits per heavy atom. The van der Waals surface area contributed by atoms with Crippen LogP contribution in [0, 0.1) is 6.92 Å². The van der Waals surface area contributed by atoms with Crippen LogP contribution in [0.1, 0.15) is 21.5 Å². The summed E-state index contributed by atoms with van der Waals surface area (Å²) in [6.07, 6.45) is 0. The first-order valence-electron chi connectivity index (χ1n) is 9.29. The fourth-order valence-corrected chi connectivity index (χ4v) is 4.33. The second kappa shape index (κ2) is 10.1. The monoisotopic (exact) mass is 422 g/mol. The molecule has 0 spiro atoms. The Bertz CT molecular complexity index is 1150. The summed E-state index contributed by atoms with van der Waals surface area (Å²) >= 11 is 1.63. The zero-order valence-corrected chi connectivity index (χ0v) is 19.7. The summed E-state index contributed by atoms with van der Waals surface area (Å²) in [6.45, 7) is 2.42. The van der Waals surface area contributed by atoms with Crippen LogP contribution in [0.3, 0.4) is 0 Å². The number of rotatable bonds is 6. The van der Waals surface area contributed by atoms with E-state index in [1.807, 2.05) is 66.9 Å². The van der Waals surface area contributed by atoms with Gasteiger partial charge in [-0.25, -0.2) is 0 Å². The molecule has 1 aromatic heterocycles. The van der Waals surface area contributed by atoms with Crippen LogP contribution < -0.4 is 39.4 Å². The maximum Gasteiger partial charge on any atom is 1.00 e. The zero-order chi connectivity index (χ0) is 20.2. The second-order valence-electron chi connectivity index (χ2n) is 6.75. The van der Waals surface area contributed by atoms with Crippen LogP contribution >= 0.6 is 11.3 Å². The van der Waals surface area contributed by atoms with Crippen molar-refractivity contribution >= 4 is 17.3 Å². The molecule has 0 N–H and O–H groups in total. The van der Waals surface area contributed by atoms with Gasteiger partial charge in [0, 0.05) is 16.0 Å². The first-order chi connectivity index (χ1) is 14.1. The van der Waals surface area contributed by atoms with Crippen LogP contribution in [0.2, 0.25) is 0 Å². The van der Waals surface area contributed by atoms with Crippen molar-refractivity contribution < 1.29 is 44.2 Å². The topological polar surface area (TPSA) is 49.4 Å². The number of aromatic carboxylic acids is 1. The van der Waals surface area contributed by atoms with Crippen molar-refractivity contribution in [2.24, 2.45) is 0 Å². The molecule has 0 aliphatic heterocycles. The number of carbonyl (C=O) groups is 1. The van der Waals surface area contributed by atoms with Gasteiger partial charge in [-0.2, -0.15) is 0 Å². The fraction of sp³-hybridized carbons (Fsp3) is 0.0800.